The molecule has 5 heteroatoms. The van der Waals surface area contributed by atoms with Crippen LogP contribution in [0, 0.1) is 47.3 Å². The van der Waals surface area contributed by atoms with Gasteiger partial charge < -0.3 is 19.7 Å². The minimum Gasteiger partial charge on any atom is -0.491 e. The van der Waals surface area contributed by atoms with Gasteiger partial charge in [-0.3, -0.25) is 0 Å². The van der Waals surface area contributed by atoms with E-state index in [9.17, 15) is 15.0 Å². The number of carbonyl (C=O) groups excluding carboxylic acids is 1. The molecule has 0 spiro atoms. The molecule has 0 aromatic carbocycles. The Morgan fingerprint density at radius 2 is 1.93 bits per heavy atom. The first-order chi connectivity index (χ1) is 13.7. The Kier molecular flexibility index (Phi) is 3.61. The Bertz CT molecular complexity index is 844. The summed E-state index contributed by atoms with van der Waals surface area (Å²) in [6.45, 7) is 8.47. The summed E-state index contributed by atoms with van der Waals surface area (Å²) >= 11 is 0. The molecule has 29 heavy (non-hydrogen) atoms. The molecule has 0 aromatic heterocycles. The fourth-order valence-corrected chi connectivity index (χ4v) is 8.16. The Morgan fingerprint density at radius 1 is 1.17 bits per heavy atom. The predicted molar refractivity (Wildman–Crippen MR) is 105 cm³/mol. The minimum absolute atomic E-state index is 0.0126. The number of hydrogen-bond donors (Lipinski definition) is 2. The van der Waals surface area contributed by atoms with Gasteiger partial charge in [-0.25, -0.2) is 4.79 Å². The van der Waals surface area contributed by atoms with Gasteiger partial charge in [0.25, 0.3) is 0 Å². The van der Waals surface area contributed by atoms with E-state index in [2.05, 4.69) is 26.8 Å². The maximum Gasteiger partial charge on any atom is 0.338 e. The summed E-state index contributed by atoms with van der Waals surface area (Å²) in [5, 5.41) is 22.0. The summed E-state index contributed by atoms with van der Waals surface area (Å²) in [4.78, 5) is 13.2. The maximum atomic E-state index is 13.2. The molecule has 3 aliphatic carbocycles. The van der Waals surface area contributed by atoms with E-state index in [1.165, 1.54) is 5.57 Å². The van der Waals surface area contributed by atoms with Crippen LogP contribution in [0.2, 0.25) is 0 Å². The van der Waals surface area contributed by atoms with Gasteiger partial charge in [0.15, 0.2) is 0 Å². The summed E-state index contributed by atoms with van der Waals surface area (Å²) in [6.07, 6.45) is 3.79. The van der Waals surface area contributed by atoms with E-state index >= 15 is 0 Å². The van der Waals surface area contributed by atoms with Crippen molar-refractivity contribution in [2.24, 2.45) is 47.3 Å². The van der Waals surface area contributed by atoms with Crippen molar-refractivity contribution in [2.45, 2.75) is 70.9 Å². The molecule has 1 saturated heterocycles. The summed E-state index contributed by atoms with van der Waals surface area (Å²) in [5.41, 5.74) is 1.77. The first-order valence-electron chi connectivity index (χ1n) is 11.4. The van der Waals surface area contributed by atoms with Crippen LogP contribution in [-0.4, -0.2) is 40.1 Å². The molecule has 3 fully saturated rings. The number of aliphatic hydroxyl groups excluding tert-OH is 2. The fourth-order valence-electron chi connectivity index (χ4n) is 8.16. The Labute approximate surface area is 172 Å². The Hall–Kier alpha value is -1.33. The second-order valence-corrected chi connectivity index (χ2v) is 10.9. The van der Waals surface area contributed by atoms with E-state index in [1.807, 2.05) is 6.92 Å². The van der Waals surface area contributed by atoms with Crippen LogP contribution in [0.15, 0.2) is 23.0 Å². The van der Waals surface area contributed by atoms with Gasteiger partial charge in [-0.05, 0) is 50.9 Å². The summed E-state index contributed by atoms with van der Waals surface area (Å²) in [5.74, 6) is 1.34. The van der Waals surface area contributed by atoms with Crippen LogP contribution in [0.25, 0.3) is 0 Å². The normalized spacial score (nSPS) is 57.4. The van der Waals surface area contributed by atoms with Crippen LogP contribution in [0.4, 0.5) is 0 Å². The lowest BCUT2D eigenvalue weighted by Gasteiger charge is -2.48. The largest absolute Gasteiger partial charge is 0.491 e. The molecule has 6 aliphatic rings. The fraction of sp³-hybridized carbons (Fsp3) is 0.792. The van der Waals surface area contributed by atoms with Gasteiger partial charge in [0.2, 0.25) is 0 Å². The highest BCUT2D eigenvalue weighted by atomic mass is 16.6. The summed E-state index contributed by atoms with van der Waals surface area (Å²) in [7, 11) is 0. The van der Waals surface area contributed by atoms with Crippen LogP contribution < -0.4 is 0 Å². The summed E-state index contributed by atoms with van der Waals surface area (Å²) < 4.78 is 12.6. The lowest BCUT2D eigenvalue weighted by Crippen LogP contribution is -2.49. The molecule has 158 valence electrons. The van der Waals surface area contributed by atoms with Gasteiger partial charge in [0, 0.05) is 23.7 Å². The van der Waals surface area contributed by atoms with E-state index < -0.39 is 12.2 Å². The number of carbonyl (C=O) groups is 1. The van der Waals surface area contributed by atoms with Crippen LogP contribution in [0.3, 0.4) is 0 Å². The molecule has 0 amide bonds. The van der Waals surface area contributed by atoms with E-state index in [4.69, 9.17) is 9.47 Å². The molecule has 3 aliphatic heterocycles. The molecule has 3 bridgehead atoms. The van der Waals surface area contributed by atoms with Gasteiger partial charge in [0.05, 0.1) is 23.7 Å². The zero-order valence-corrected chi connectivity index (χ0v) is 17.7. The van der Waals surface area contributed by atoms with E-state index in [0.717, 1.165) is 30.6 Å². The molecule has 0 aromatic rings. The third-order valence-corrected chi connectivity index (χ3v) is 9.72. The second-order valence-electron chi connectivity index (χ2n) is 10.9. The standard InChI is InChI=1S/C24H32O5/c1-9-7-13-17(21(26)11(3)20(13)25)16-12(9)8-14-18(16)19-22-10(2)15(28-23(19)27)5-6-24(14,4)29-22/h7,10-18,20-21,25-26H,5-6,8H2,1-4H3/t10-,11+,12+,13-,14?,15+,16+,17+,18-,20+,21-,24+/m1/s1. The smallest absolute Gasteiger partial charge is 0.338 e. The molecule has 12 atom stereocenters. The van der Waals surface area contributed by atoms with Crippen molar-refractivity contribution in [1.29, 1.82) is 0 Å². The van der Waals surface area contributed by atoms with Gasteiger partial charge in [-0.2, -0.15) is 0 Å². The Morgan fingerprint density at radius 3 is 2.69 bits per heavy atom. The number of hydrogen-bond acceptors (Lipinski definition) is 5. The number of fused-ring (bicyclic) bond motifs is 9. The lowest BCUT2D eigenvalue weighted by molar-refractivity contribution is -0.154. The first kappa shape index (κ1) is 18.4. The zero-order valence-electron chi connectivity index (χ0n) is 17.7. The molecule has 2 N–H and O–H groups in total. The van der Waals surface area contributed by atoms with Gasteiger partial charge in [0.1, 0.15) is 17.5 Å². The van der Waals surface area contributed by atoms with Crippen molar-refractivity contribution in [3.8, 4) is 0 Å². The van der Waals surface area contributed by atoms with Crippen molar-refractivity contribution in [3.05, 3.63) is 23.0 Å². The minimum atomic E-state index is -0.543. The van der Waals surface area contributed by atoms with Gasteiger partial charge >= 0.3 is 5.97 Å². The third kappa shape index (κ3) is 2.11. The molecule has 1 unspecified atom stereocenters. The Balaban J connectivity index is 1.55. The van der Waals surface area contributed by atoms with Crippen molar-refractivity contribution in [2.75, 3.05) is 0 Å². The van der Waals surface area contributed by atoms with Gasteiger partial charge in [-0.15, -0.1) is 0 Å². The van der Waals surface area contributed by atoms with Crippen LogP contribution in [0.5, 0.6) is 0 Å². The van der Waals surface area contributed by atoms with Crippen LogP contribution >= 0.6 is 0 Å². The number of esters is 1. The third-order valence-electron chi connectivity index (χ3n) is 9.72. The molecular formula is C24H32O5. The lowest BCUT2D eigenvalue weighted by atomic mass is 9.63. The van der Waals surface area contributed by atoms with Crippen LogP contribution in [0.1, 0.15) is 47.0 Å². The number of allylic oxidation sites excluding steroid dienone is 1. The summed E-state index contributed by atoms with van der Waals surface area (Å²) in [6, 6.07) is 0. The number of aliphatic hydroxyl groups is 2. The molecule has 6 rings (SSSR count). The highest BCUT2D eigenvalue weighted by molar-refractivity contribution is 5.91. The highest BCUT2D eigenvalue weighted by Crippen LogP contribution is 2.66. The SMILES string of the molecule is CC1=C[C@H]2[C@@H](O)[C@H](C)[C@@H](O)[C@@H]2[C@H]2[C@@H]3C4=C5O[C@@](C)(CC[C@H](OC4=O)[C@H]5C)C3C[C@@H]12. The highest BCUT2D eigenvalue weighted by Gasteiger charge is 2.66. The average molecular weight is 401 g/mol. The molecule has 5 nitrogen and oxygen atoms in total. The van der Waals surface area contributed by atoms with E-state index in [1.54, 1.807) is 0 Å². The molecule has 0 radical (unpaired) electrons. The van der Waals surface area contributed by atoms with Crippen molar-refractivity contribution < 1.29 is 24.5 Å². The van der Waals surface area contributed by atoms with Crippen LogP contribution in [-0.2, 0) is 14.3 Å². The maximum absolute atomic E-state index is 13.2. The molecule has 2 saturated carbocycles. The molecular weight excluding hydrogens is 368 g/mol. The number of rotatable bonds is 0. The second kappa shape index (κ2) is 5.67. The van der Waals surface area contributed by atoms with Crippen molar-refractivity contribution >= 4 is 5.97 Å². The first-order valence-corrected chi connectivity index (χ1v) is 11.4. The predicted octanol–water partition coefficient (Wildman–Crippen LogP) is 2.82. The molecule has 3 heterocycles. The zero-order chi connectivity index (χ0) is 20.4. The monoisotopic (exact) mass is 400 g/mol. The number of ether oxygens (including phenoxy) is 2. The van der Waals surface area contributed by atoms with E-state index in [-0.39, 0.29) is 59.1 Å². The van der Waals surface area contributed by atoms with Gasteiger partial charge in [-0.1, -0.05) is 25.5 Å². The topological polar surface area (TPSA) is 76.0 Å². The van der Waals surface area contributed by atoms with E-state index in [0.29, 0.717) is 5.92 Å². The quantitative estimate of drug-likeness (QED) is 0.483. The van der Waals surface area contributed by atoms with Crippen molar-refractivity contribution in [1.82, 2.24) is 0 Å². The average Bonchev–Trinajstić information content (AvgIpc) is 3.16. The van der Waals surface area contributed by atoms with Crippen molar-refractivity contribution in [3.63, 3.8) is 0 Å².